The van der Waals surface area contributed by atoms with Crippen LogP contribution in [0.3, 0.4) is 0 Å². The molecule has 0 radical (unpaired) electrons. The van der Waals surface area contributed by atoms with Crippen molar-refractivity contribution in [2.45, 2.75) is 45.7 Å². The number of ether oxygens (including phenoxy) is 1. The number of hydrogen-bond acceptors (Lipinski definition) is 5. The molecule has 3 rings (SSSR count). The number of carbonyl (C=O) groups is 2. The van der Waals surface area contributed by atoms with E-state index >= 15 is 0 Å². The maximum absolute atomic E-state index is 12.9. The number of aromatic nitrogens is 2. The van der Waals surface area contributed by atoms with E-state index in [0.29, 0.717) is 18.8 Å². The fourth-order valence-corrected chi connectivity index (χ4v) is 4.21. The summed E-state index contributed by atoms with van der Waals surface area (Å²) in [6, 6.07) is 1.87. The second-order valence-corrected chi connectivity index (χ2v) is 7.60. The summed E-state index contributed by atoms with van der Waals surface area (Å²) >= 11 is 0. The highest BCUT2D eigenvalue weighted by atomic mass is 16.5. The highest BCUT2D eigenvalue weighted by Gasteiger charge is 2.30. The number of piperidine rings is 1. The lowest BCUT2D eigenvalue weighted by Crippen LogP contribution is -2.52. The monoisotopic (exact) mass is 391 g/mol. The molecule has 8 heteroatoms. The summed E-state index contributed by atoms with van der Waals surface area (Å²) in [6.07, 6.45) is 4.50. The zero-order valence-electron chi connectivity index (χ0n) is 17.2. The Kier molecular flexibility index (Phi) is 7.44. The van der Waals surface area contributed by atoms with Crippen molar-refractivity contribution in [1.29, 1.82) is 0 Å². The number of hydrogen-bond donors (Lipinski definition) is 0. The third-order valence-corrected chi connectivity index (χ3v) is 5.74. The van der Waals surface area contributed by atoms with Crippen LogP contribution in [-0.4, -0.2) is 94.8 Å². The Morgan fingerprint density at radius 2 is 2.07 bits per heavy atom. The van der Waals surface area contributed by atoms with Gasteiger partial charge in [0.2, 0.25) is 5.91 Å². The van der Waals surface area contributed by atoms with Crippen molar-refractivity contribution in [2.24, 2.45) is 0 Å². The van der Waals surface area contributed by atoms with Gasteiger partial charge in [0.25, 0.3) is 5.91 Å². The van der Waals surface area contributed by atoms with Crippen molar-refractivity contribution < 1.29 is 14.3 Å². The van der Waals surface area contributed by atoms with Crippen LogP contribution in [0.1, 0.15) is 43.6 Å². The minimum Gasteiger partial charge on any atom is -0.379 e. The number of amides is 2. The number of likely N-dealkylation sites (tertiary alicyclic amines) is 1. The Labute approximate surface area is 167 Å². The van der Waals surface area contributed by atoms with Crippen LogP contribution in [0.15, 0.2) is 12.3 Å². The van der Waals surface area contributed by atoms with E-state index in [1.165, 1.54) is 0 Å². The predicted molar refractivity (Wildman–Crippen MR) is 106 cm³/mol. The zero-order valence-corrected chi connectivity index (χ0v) is 17.2. The smallest absolute Gasteiger partial charge is 0.272 e. The van der Waals surface area contributed by atoms with E-state index in [4.69, 9.17) is 4.74 Å². The van der Waals surface area contributed by atoms with Crippen LogP contribution in [0.2, 0.25) is 0 Å². The third kappa shape index (κ3) is 5.11. The second kappa shape index (κ2) is 10.0. The topological polar surface area (TPSA) is 70.9 Å². The first kappa shape index (κ1) is 20.8. The fourth-order valence-electron chi connectivity index (χ4n) is 4.21. The van der Waals surface area contributed by atoms with Crippen molar-refractivity contribution in [3.05, 3.63) is 18.0 Å². The summed E-state index contributed by atoms with van der Waals surface area (Å²) in [6.45, 7) is 10.9. The number of nitrogens with zero attached hydrogens (tertiary/aromatic N) is 5. The average Bonchev–Trinajstić information content (AvgIpc) is 3.20. The van der Waals surface area contributed by atoms with Gasteiger partial charge in [0.1, 0.15) is 5.69 Å². The Balaban J connectivity index is 1.56. The molecule has 2 aliphatic heterocycles. The normalized spacial score (nSPS) is 20.9. The van der Waals surface area contributed by atoms with E-state index in [1.54, 1.807) is 23.9 Å². The van der Waals surface area contributed by atoms with Crippen LogP contribution in [0.25, 0.3) is 0 Å². The number of aryl methyl sites for hydroxylation is 1. The molecule has 0 unspecified atom stereocenters. The Bertz CT molecular complexity index is 656. The van der Waals surface area contributed by atoms with Crippen LogP contribution >= 0.6 is 0 Å². The minimum atomic E-state index is 0.0147. The van der Waals surface area contributed by atoms with Crippen LogP contribution < -0.4 is 0 Å². The zero-order chi connectivity index (χ0) is 19.9. The molecule has 156 valence electrons. The first-order valence-electron chi connectivity index (χ1n) is 10.5. The van der Waals surface area contributed by atoms with Gasteiger partial charge in [-0.25, -0.2) is 0 Å². The summed E-state index contributed by atoms with van der Waals surface area (Å²) in [7, 11) is 0. The van der Waals surface area contributed by atoms with Gasteiger partial charge in [-0.3, -0.25) is 19.2 Å². The second-order valence-electron chi connectivity index (χ2n) is 7.60. The standard InChI is InChI=1S/C20H33N5O3/c1-3-25-19(7-8-21-25)20(27)23-10-4-6-18(16-23)24(17(2)26)11-5-9-22-12-14-28-15-13-22/h7-8,18H,3-6,9-16H2,1-2H3/t18-/m0/s1. The molecular formula is C20H33N5O3. The van der Waals surface area contributed by atoms with Gasteiger partial charge in [-0.1, -0.05) is 0 Å². The van der Waals surface area contributed by atoms with Crippen LogP contribution in [-0.2, 0) is 16.1 Å². The number of morpholine rings is 1. The van der Waals surface area contributed by atoms with E-state index in [1.807, 2.05) is 16.7 Å². The molecule has 0 aromatic carbocycles. The van der Waals surface area contributed by atoms with Crippen LogP contribution in [0.5, 0.6) is 0 Å². The highest BCUT2D eigenvalue weighted by molar-refractivity contribution is 5.92. The quantitative estimate of drug-likeness (QED) is 0.696. The van der Waals surface area contributed by atoms with E-state index in [2.05, 4.69) is 10.00 Å². The summed E-state index contributed by atoms with van der Waals surface area (Å²) in [5.41, 5.74) is 0.629. The number of rotatable bonds is 7. The summed E-state index contributed by atoms with van der Waals surface area (Å²) in [4.78, 5) is 31.5. The van der Waals surface area contributed by atoms with Crippen LogP contribution in [0, 0.1) is 0 Å². The van der Waals surface area contributed by atoms with Gasteiger partial charge in [-0.05, 0) is 32.3 Å². The van der Waals surface area contributed by atoms with Gasteiger partial charge in [0.15, 0.2) is 0 Å². The summed E-state index contributed by atoms with van der Waals surface area (Å²) in [5.74, 6) is 0.112. The van der Waals surface area contributed by atoms with E-state index in [0.717, 1.165) is 65.2 Å². The largest absolute Gasteiger partial charge is 0.379 e. The fraction of sp³-hybridized carbons (Fsp3) is 0.750. The Hall–Kier alpha value is -1.93. The first-order chi connectivity index (χ1) is 13.6. The predicted octanol–water partition coefficient (Wildman–Crippen LogP) is 1.08. The molecule has 0 spiro atoms. The molecule has 1 aromatic rings. The van der Waals surface area contributed by atoms with Gasteiger partial charge < -0.3 is 14.5 Å². The molecule has 8 nitrogen and oxygen atoms in total. The van der Waals surface area contributed by atoms with Crippen molar-refractivity contribution in [1.82, 2.24) is 24.5 Å². The van der Waals surface area contributed by atoms with Crippen molar-refractivity contribution in [2.75, 3.05) is 52.5 Å². The first-order valence-corrected chi connectivity index (χ1v) is 10.5. The molecule has 0 saturated carbocycles. The van der Waals surface area contributed by atoms with Gasteiger partial charge in [-0.15, -0.1) is 0 Å². The van der Waals surface area contributed by atoms with Crippen LogP contribution in [0.4, 0.5) is 0 Å². The number of carbonyl (C=O) groups excluding carboxylic acids is 2. The molecule has 2 amide bonds. The van der Waals surface area contributed by atoms with Gasteiger partial charge in [-0.2, -0.15) is 5.10 Å². The maximum atomic E-state index is 12.9. The summed E-state index contributed by atoms with van der Waals surface area (Å²) < 4.78 is 7.13. The molecule has 2 fully saturated rings. The van der Waals surface area contributed by atoms with Gasteiger partial charge in [0.05, 0.1) is 13.2 Å². The lowest BCUT2D eigenvalue weighted by molar-refractivity contribution is -0.132. The average molecular weight is 392 g/mol. The molecule has 2 saturated heterocycles. The molecule has 0 N–H and O–H groups in total. The molecule has 28 heavy (non-hydrogen) atoms. The van der Waals surface area contributed by atoms with E-state index in [-0.39, 0.29) is 17.9 Å². The minimum absolute atomic E-state index is 0.0147. The Morgan fingerprint density at radius 3 is 2.79 bits per heavy atom. The van der Waals surface area contributed by atoms with Crippen molar-refractivity contribution in [3.63, 3.8) is 0 Å². The van der Waals surface area contributed by atoms with E-state index in [9.17, 15) is 9.59 Å². The molecule has 0 bridgehead atoms. The lowest BCUT2D eigenvalue weighted by atomic mass is 10.0. The van der Waals surface area contributed by atoms with E-state index < -0.39 is 0 Å². The molecular weight excluding hydrogens is 358 g/mol. The van der Waals surface area contributed by atoms with Crippen molar-refractivity contribution >= 4 is 11.8 Å². The SMILES string of the molecule is CCn1nccc1C(=O)N1CCC[C@H](N(CCCN2CCOCC2)C(C)=O)C1. The third-order valence-electron chi connectivity index (χ3n) is 5.74. The maximum Gasteiger partial charge on any atom is 0.272 e. The molecule has 2 aliphatic rings. The molecule has 1 aromatic heterocycles. The highest BCUT2D eigenvalue weighted by Crippen LogP contribution is 2.19. The van der Waals surface area contributed by atoms with Crippen molar-refractivity contribution in [3.8, 4) is 0 Å². The lowest BCUT2D eigenvalue weighted by Gasteiger charge is -2.39. The Morgan fingerprint density at radius 1 is 1.29 bits per heavy atom. The molecule has 3 heterocycles. The summed E-state index contributed by atoms with van der Waals surface area (Å²) in [5, 5.41) is 4.21. The molecule has 1 atom stereocenters. The van der Waals surface area contributed by atoms with Gasteiger partial charge >= 0.3 is 0 Å². The van der Waals surface area contributed by atoms with Gasteiger partial charge in [0, 0.05) is 65.0 Å². The molecule has 0 aliphatic carbocycles.